The first kappa shape index (κ1) is 22.1. The van der Waals surface area contributed by atoms with Crippen molar-refractivity contribution in [2.45, 2.75) is 39.2 Å². The number of ether oxygens (including phenoxy) is 2. The van der Waals surface area contributed by atoms with Gasteiger partial charge < -0.3 is 19.7 Å². The van der Waals surface area contributed by atoms with Gasteiger partial charge in [0.15, 0.2) is 0 Å². The molecule has 0 bridgehead atoms. The number of benzene rings is 1. The molecule has 1 N–H and O–H groups in total. The summed E-state index contributed by atoms with van der Waals surface area (Å²) in [4.78, 5) is 18.9. The van der Waals surface area contributed by atoms with Crippen LogP contribution in [0.15, 0.2) is 24.3 Å². The van der Waals surface area contributed by atoms with Crippen molar-refractivity contribution in [3.8, 4) is 5.75 Å². The number of aromatic nitrogens is 2. The predicted octanol–water partition coefficient (Wildman–Crippen LogP) is 2.90. The van der Waals surface area contributed by atoms with Crippen LogP contribution in [-0.4, -0.2) is 55.2 Å². The number of nitrogens with zero attached hydrogens (tertiary/aromatic N) is 3. The van der Waals surface area contributed by atoms with Crippen LogP contribution in [-0.2, 0) is 16.0 Å². The second-order valence-corrected chi connectivity index (χ2v) is 7.36. The molecule has 2 aromatic rings. The maximum absolute atomic E-state index is 12.1. The zero-order chi connectivity index (χ0) is 20.4. The van der Waals surface area contributed by atoms with Crippen LogP contribution in [0, 0.1) is 0 Å². The van der Waals surface area contributed by atoms with Crippen LogP contribution in [0.1, 0.15) is 38.1 Å². The van der Waals surface area contributed by atoms with Gasteiger partial charge in [0.25, 0.3) is 0 Å². The Hall–Kier alpha value is -2.19. The minimum Gasteiger partial charge on any atom is -0.497 e. The molecule has 1 heterocycles. The largest absolute Gasteiger partial charge is 0.497 e. The fourth-order valence-electron chi connectivity index (χ4n) is 2.60. The number of hydrogen-bond acceptors (Lipinski definition) is 7. The molecule has 0 radical (unpaired) electrons. The number of carbonyl (C=O) groups excluding carboxylic acids is 1. The Morgan fingerprint density at radius 1 is 1.32 bits per heavy atom. The first-order chi connectivity index (χ1) is 13.5. The summed E-state index contributed by atoms with van der Waals surface area (Å²) in [5.41, 5.74) is 1.10. The van der Waals surface area contributed by atoms with E-state index < -0.39 is 0 Å². The van der Waals surface area contributed by atoms with E-state index in [2.05, 4.69) is 26.5 Å². The van der Waals surface area contributed by atoms with Crippen molar-refractivity contribution in [2.24, 2.45) is 0 Å². The molecule has 0 saturated heterocycles. The van der Waals surface area contributed by atoms with E-state index in [1.165, 1.54) is 11.5 Å². The van der Waals surface area contributed by atoms with Gasteiger partial charge in [-0.1, -0.05) is 19.1 Å². The lowest BCUT2D eigenvalue weighted by Crippen LogP contribution is -2.36. The van der Waals surface area contributed by atoms with E-state index in [0.717, 1.165) is 28.7 Å². The van der Waals surface area contributed by atoms with Crippen LogP contribution in [0.5, 0.6) is 5.75 Å². The maximum atomic E-state index is 12.1. The van der Waals surface area contributed by atoms with Gasteiger partial charge in [-0.05, 0) is 31.0 Å². The van der Waals surface area contributed by atoms with Crippen LogP contribution >= 0.6 is 11.5 Å². The molecule has 1 atom stereocenters. The number of rotatable bonds is 12. The van der Waals surface area contributed by atoms with E-state index in [-0.39, 0.29) is 11.9 Å². The molecule has 2 rings (SSSR count). The summed E-state index contributed by atoms with van der Waals surface area (Å²) in [6, 6.07) is 8.09. The van der Waals surface area contributed by atoms with Crippen LogP contribution in [0.2, 0.25) is 0 Å². The lowest BCUT2D eigenvalue weighted by molar-refractivity contribution is -0.121. The molecule has 7 nitrogen and oxygen atoms in total. The number of carbonyl (C=O) groups is 1. The third-order valence-electron chi connectivity index (χ3n) is 4.42. The minimum absolute atomic E-state index is 0.0536. The lowest BCUT2D eigenvalue weighted by Gasteiger charge is -2.21. The highest BCUT2D eigenvalue weighted by molar-refractivity contribution is 7.09. The molecule has 0 fully saturated rings. The molecule has 8 heteroatoms. The van der Waals surface area contributed by atoms with E-state index in [4.69, 9.17) is 9.47 Å². The number of amides is 1. The molecule has 0 aliphatic rings. The fourth-order valence-corrected chi connectivity index (χ4v) is 3.34. The van der Waals surface area contributed by atoms with Crippen molar-refractivity contribution < 1.29 is 14.3 Å². The van der Waals surface area contributed by atoms with E-state index in [0.29, 0.717) is 32.5 Å². The Morgan fingerprint density at radius 2 is 2.14 bits per heavy atom. The summed E-state index contributed by atoms with van der Waals surface area (Å²) in [7, 11) is 3.32. The standard InChI is InChI=1S/C20H30N4O3S/c1-5-15(2)21-19(25)9-10-24(11-12-26-3)20-22-18(23-28-20)14-16-7-6-8-17(13-16)27-4/h6-8,13,15H,5,9-12,14H2,1-4H3,(H,21,25)/t15-/m1/s1. The van der Waals surface area contributed by atoms with Crippen molar-refractivity contribution >= 4 is 22.6 Å². The second kappa shape index (κ2) is 11.6. The summed E-state index contributed by atoms with van der Waals surface area (Å²) in [5, 5.41) is 3.81. The first-order valence-electron chi connectivity index (χ1n) is 9.54. The Balaban J connectivity index is 2.00. The Morgan fingerprint density at radius 3 is 2.86 bits per heavy atom. The van der Waals surface area contributed by atoms with Crippen LogP contribution in [0.3, 0.4) is 0 Å². The molecule has 0 aliphatic heterocycles. The van der Waals surface area contributed by atoms with Gasteiger partial charge in [-0.2, -0.15) is 4.37 Å². The highest BCUT2D eigenvalue weighted by Gasteiger charge is 2.15. The van der Waals surface area contributed by atoms with E-state index in [9.17, 15) is 4.79 Å². The van der Waals surface area contributed by atoms with Gasteiger partial charge in [-0.15, -0.1) is 0 Å². The number of nitrogens with one attached hydrogen (secondary N) is 1. The molecule has 0 saturated carbocycles. The van der Waals surface area contributed by atoms with Crippen molar-refractivity contribution in [1.82, 2.24) is 14.7 Å². The van der Waals surface area contributed by atoms with Gasteiger partial charge in [0.05, 0.1) is 13.7 Å². The minimum atomic E-state index is 0.0536. The fraction of sp³-hybridized carbons (Fsp3) is 0.550. The highest BCUT2D eigenvalue weighted by Crippen LogP contribution is 2.21. The lowest BCUT2D eigenvalue weighted by atomic mass is 10.1. The predicted molar refractivity (Wildman–Crippen MR) is 112 cm³/mol. The van der Waals surface area contributed by atoms with Gasteiger partial charge in [0, 0.05) is 50.6 Å². The van der Waals surface area contributed by atoms with Crippen molar-refractivity contribution in [1.29, 1.82) is 0 Å². The summed E-state index contributed by atoms with van der Waals surface area (Å²) < 4.78 is 15.0. The molecule has 1 aromatic heterocycles. The van der Waals surface area contributed by atoms with E-state index >= 15 is 0 Å². The van der Waals surface area contributed by atoms with Gasteiger partial charge in [0.2, 0.25) is 11.0 Å². The average molecular weight is 407 g/mol. The van der Waals surface area contributed by atoms with Crippen LogP contribution in [0.4, 0.5) is 5.13 Å². The highest BCUT2D eigenvalue weighted by atomic mass is 32.1. The van der Waals surface area contributed by atoms with Gasteiger partial charge in [-0.3, -0.25) is 4.79 Å². The van der Waals surface area contributed by atoms with Crippen molar-refractivity contribution in [3.05, 3.63) is 35.7 Å². The monoisotopic (exact) mass is 406 g/mol. The Labute approximate surface area is 171 Å². The quantitative estimate of drug-likeness (QED) is 0.584. The molecule has 28 heavy (non-hydrogen) atoms. The van der Waals surface area contributed by atoms with Crippen molar-refractivity contribution in [3.63, 3.8) is 0 Å². The van der Waals surface area contributed by atoms with Gasteiger partial charge in [0.1, 0.15) is 11.6 Å². The van der Waals surface area contributed by atoms with Crippen molar-refractivity contribution in [2.75, 3.05) is 38.8 Å². The smallest absolute Gasteiger partial charge is 0.221 e. The molecular weight excluding hydrogens is 376 g/mol. The topological polar surface area (TPSA) is 76.6 Å². The molecule has 0 aliphatic carbocycles. The molecule has 0 unspecified atom stereocenters. The molecule has 0 spiro atoms. The van der Waals surface area contributed by atoms with Gasteiger partial charge >= 0.3 is 0 Å². The van der Waals surface area contributed by atoms with Crippen LogP contribution < -0.4 is 15.0 Å². The summed E-state index contributed by atoms with van der Waals surface area (Å²) in [6.45, 7) is 5.88. The number of anilines is 1. The molecule has 154 valence electrons. The number of methoxy groups -OCH3 is 2. The number of hydrogen-bond donors (Lipinski definition) is 1. The molecule has 1 amide bonds. The average Bonchev–Trinajstić information content (AvgIpc) is 3.16. The third kappa shape index (κ3) is 7.09. The summed E-state index contributed by atoms with van der Waals surface area (Å²) >= 11 is 1.35. The van der Waals surface area contributed by atoms with Crippen LogP contribution in [0.25, 0.3) is 0 Å². The zero-order valence-electron chi connectivity index (χ0n) is 17.1. The Kier molecular flexibility index (Phi) is 9.16. The summed E-state index contributed by atoms with van der Waals surface area (Å²) in [6.07, 6.45) is 1.97. The molecular formula is C20H30N4O3S. The maximum Gasteiger partial charge on any atom is 0.221 e. The molecule has 1 aromatic carbocycles. The summed E-state index contributed by atoms with van der Waals surface area (Å²) in [5.74, 6) is 1.64. The second-order valence-electron chi connectivity index (χ2n) is 6.63. The first-order valence-corrected chi connectivity index (χ1v) is 10.3. The Bertz CT molecular complexity index is 738. The SMILES string of the molecule is CC[C@@H](C)NC(=O)CCN(CCOC)c1nc(Cc2cccc(OC)c2)ns1. The van der Waals surface area contributed by atoms with E-state index in [1.54, 1.807) is 14.2 Å². The normalized spacial score (nSPS) is 11.9. The zero-order valence-corrected chi connectivity index (χ0v) is 17.9. The van der Waals surface area contributed by atoms with Gasteiger partial charge in [-0.25, -0.2) is 4.98 Å². The third-order valence-corrected chi connectivity index (χ3v) is 5.23. The van der Waals surface area contributed by atoms with E-state index in [1.807, 2.05) is 31.2 Å².